The SMILES string of the molecule is COc1ccc(C)cc1-c1nsc2ccc(C)cc12. The summed E-state index contributed by atoms with van der Waals surface area (Å²) in [5, 5.41) is 1.20. The molecule has 0 spiro atoms. The van der Waals surface area contributed by atoms with Crippen LogP contribution in [-0.2, 0) is 0 Å². The van der Waals surface area contributed by atoms with Gasteiger partial charge in [0, 0.05) is 10.9 Å². The van der Waals surface area contributed by atoms with Crippen molar-refractivity contribution < 1.29 is 4.74 Å². The summed E-state index contributed by atoms with van der Waals surface area (Å²) in [5.74, 6) is 0.874. The van der Waals surface area contributed by atoms with Gasteiger partial charge in [-0.1, -0.05) is 23.3 Å². The lowest BCUT2D eigenvalue weighted by molar-refractivity contribution is 0.416. The van der Waals surface area contributed by atoms with Crippen LogP contribution < -0.4 is 4.74 Å². The van der Waals surface area contributed by atoms with Crippen molar-refractivity contribution in [3.8, 4) is 17.0 Å². The van der Waals surface area contributed by atoms with E-state index in [1.807, 2.05) is 6.07 Å². The Kier molecular flexibility index (Phi) is 2.99. The second-order valence-electron chi connectivity index (χ2n) is 4.73. The Hall–Kier alpha value is -1.87. The monoisotopic (exact) mass is 269 g/mol. The molecule has 96 valence electrons. The van der Waals surface area contributed by atoms with Gasteiger partial charge in [-0.2, -0.15) is 4.37 Å². The Labute approximate surface area is 116 Å². The molecule has 1 aromatic heterocycles. The van der Waals surface area contributed by atoms with E-state index in [1.54, 1.807) is 7.11 Å². The molecular formula is C16H15NOS. The summed E-state index contributed by atoms with van der Waals surface area (Å²) in [5.41, 5.74) is 4.55. The van der Waals surface area contributed by atoms with E-state index in [9.17, 15) is 0 Å². The van der Waals surface area contributed by atoms with Crippen LogP contribution in [0.4, 0.5) is 0 Å². The number of methoxy groups -OCH3 is 1. The summed E-state index contributed by atoms with van der Waals surface area (Å²) in [6.45, 7) is 4.19. The van der Waals surface area contributed by atoms with Crippen molar-refractivity contribution in [2.75, 3.05) is 7.11 Å². The molecule has 3 heteroatoms. The first-order valence-electron chi connectivity index (χ1n) is 6.20. The number of ether oxygens (including phenoxy) is 1. The molecule has 0 saturated heterocycles. The maximum atomic E-state index is 5.47. The Morgan fingerprint density at radius 1 is 1.00 bits per heavy atom. The lowest BCUT2D eigenvalue weighted by Gasteiger charge is -2.08. The molecule has 2 aromatic carbocycles. The molecule has 0 N–H and O–H groups in total. The van der Waals surface area contributed by atoms with Crippen molar-refractivity contribution in [3.05, 3.63) is 47.5 Å². The zero-order valence-electron chi connectivity index (χ0n) is 11.2. The number of hydrogen-bond acceptors (Lipinski definition) is 3. The van der Waals surface area contributed by atoms with E-state index in [4.69, 9.17) is 4.74 Å². The predicted molar refractivity (Wildman–Crippen MR) is 81.1 cm³/mol. The first-order chi connectivity index (χ1) is 9.19. The van der Waals surface area contributed by atoms with Crippen molar-refractivity contribution >= 4 is 21.6 Å². The highest BCUT2D eigenvalue weighted by Gasteiger charge is 2.13. The molecule has 0 aliphatic rings. The molecule has 0 aliphatic carbocycles. The molecule has 1 heterocycles. The van der Waals surface area contributed by atoms with E-state index in [-0.39, 0.29) is 0 Å². The summed E-state index contributed by atoms with van der Waals surface area (Å²) in [6, 6.07) is 12.6. The minimum absolute atomic E-state index is 0.874. The number of benzene rings is 2. The topological polar surface area (TPSA) is 22.1 Å². The van der Waals surface area contributed by atoms with Crippen LogP contribution in [0.5, 0.6) is 5.75 Å². The molecule has 19 heavy (non-hydrogen) atoms. The number of rotatable bonds is 2. The average molecular weight is 269 g/mol. The molecule has 0 atom stereocenters. The van der Waals surface area contributed by atoms with Crippen LogP contribution in [0, 0.1) is 13.8 Å². The Balaban J connectivity index is 2.29. The van der Waals surface area contributed by atoms with Crippen molar-refractivity contribution in [1.82, 2.24) is 4.37 Å². The van der Waals surface area contributed by atoms with Crippen LogP contribution in [-0.4, -0.2) is 11.5 Å². The molecule has 0 aliphatic heterocycles. The van der Waals surface area contributed by atoms with Gasteiger partial charge in [-0.25, -0.2) is 0 Å². The quantitative estimate of drug-likeness (QED) is 0.679. The largest absolute Gasteiger partial charge is 0.496 e. The lowest BCUT2D eigenvalue weighted by atomic mass is 10.0. The number of aryl methyl sites for hydroxylation is 2. The fourth-order valence-electron chi connectivity index (χ4n) is 2.25. The first kappa shape index (κ1) is 12.2. The fourth-order valence-corrected chi connectivity index (χ4v) is 3.02. The van der Waals surface area contributed by atoms with Gasteiger partial charge in [-0.15, -0.1) is 0 Å². The van der Waals surface area contributed by atoms with Crippen LogP contribution in [0.1, 0.15) is 11.1 Å². The van der Waals surface area contributed by atoms with Crippen LogP contribution in [0.2, 0.25) is 0 Å². The van der Waals surface area contributed by atoms with E-state index in [2.05, 4.69) is 48.6 Å². The van der Waals surface area contributed by atoms with Gasteiger partial charge in [0.15, 0.2) is 0 Å². The van der Waals surface area contributed by atoms with Gasteiger partial charge in [0.05, 0.1) is 17.5 Å². The minimum atomic E-state index is 0.874. The van der Waals surface area contributed by atoms with Gasteiger partial charge < -0.3 is 4.74 Å². The molecule has 3 aromatic rings. The summed E-state index contributed by atoms with van der Waals surface area (Å²) in [7, 11) is 1.70. The molecule has 0 amide bonds. The van der Waals surface area contributed by atoms with Crippen LogP contribution in [0.3, 0.4) is 0 Å². The zero-order valence-corrected chi connectivity index (χ0v) is 12.0. The molecule has 2 nitrogen and oxygen atoms in total. The Morgan fingerprint density at radius 3 is 2.53 bits per heavy atom. The maximum absolute atomic E-state index is 5.47. The molecular weight excluding hydrogens is 254 g/mol. The third kappa shape index (κ3) is 2.10. The van der Waals surface area contributed by atoms with E-state index >= 15 is 0 Å². The molecule has 0 saturated carbocycles. The highest BCUT2D eigenvalue weighted by Crippen LogP contribution is 2.36. The van der Waals surface area contributed by atoms with E-state index in [0.717, 1.165) is 17.0 Å². The maximum Gasteiger partial charge on any atom is 0.128 e. The third-order valence-electron chi connectivity index (χ3n) is 3.24. The second kappa shape index (κ2) is 4.67. The minimum Gasteiger partial charge on any atom is -0.496 e. The zero-order chi connectivity index (χ0) is 13.4. The molecule has 0 radical (unpaired) electrons. The van der Waals surface area contributed by atoms with Crippen LogP contribution >= 0.6 is 11.5 Å². The summed E-state index contributed by atoms with van der Waals surface area (Å²) in [6.07, 6.45) is 0. The number of hydrogen-bond donors (Lipinski definition) is 0. The normalized spacial score (nSPS) is 10.9. The predicted octanol–water partition coefficient (Wildman–Crippen LogP) is 4.59. The summed E-state index contributed by atoms with van der Waals surface area (Å²) >= 11 is 1.54. The number of aromatic nitrogens is 1. The summed E-state index contributed by atoms with van der Waals surface area (Å²) in [4.78, 5) is 0. The van der Waals surface area contributed by atoms with Crippen molar-refractivity contribution in [2.45, 2.75) is 13.8 Å². The van der Waals surface area contributed by atoms with Gasteiger partial charge in [-0.05, 0) is 49.6 Å². The van der Waals surface area contributed by atoms with Crippen molar-refractivity contribution in [1.29, 1.82) is 0 Å². The van der Waals surface area contributed by atoms with Crippen LogP contribution in [0.25, 0.3) is 21.3 Å². The average Bonchev–Trinajstić information content (AvgIpc) is 2.81. The van der Waals surface area contributed by atoms with Crippen LogP contribution in [0.15, 0.2) is 36.4 Å². The molecule has 0 bridgehead atoms. The van der Waals surface area contributed by atoms with Gasteiger partial charge in [0.1, 0.15) is 5.75 Å². The highest BCUT2D eigenvalue weighted by molar-refractivity contribution is 7.13. The Bertz CT molecular complexity index is 746. The standard InChI is InChI=1S/C16H15NOS/c1-10-4-6-14(18-3)12(8-10)16-13-9-11(2)5-7-15(13)19-17-16/h4-9H,1-3H3. The van der Waals surface area contributed by atoms with E-state index in [1.165, 1.54) is 32.7 Å². The van der Waals surface area contributed by atoms with Crippen molar-refractivity contribution in [2.24, 2.45) is 0 Å². The molecule has 3 rings (SSSR count). The van der Waals surface area contributed by atoms with Gasteiger partial charge in [0.2, 0.25) is 0 Å². The van der Waals surface area contributed by atoms with Gasteiger partial charge in [0.25, 0.3) is 0 Å². The van der Waals surface area contributed by atoms with E-state index < -0.39 is 0 Å². The molecule has 0 unspecified atom stereocenters. The third-order valence-corrected chi connectivity index (χ3v) is 4.06. The number of nitrogens with zero attached hydrogens (tertiary/aromatic N) is 1. The van der Waals surface area contributed by atoms with Gasteiger partial charge >= 0.3 is 0 Å². The smallest absolute Gasteiger partial charge is 0.128 e. The second-order valence-corrected chi connectivity index (χ2v) is 5.54. The first-order valence-corrected chi connectivity index (χ1v) is 6.97. The molecule has 0 fully saturated rings. The lowest BCUT2D eigenvalue weighted by Crippen LogP contribution is -1.89. The fraction of sp³-hybridized carbons (Fsp3) is 0.188. The van der Waals surface area contributed by atoms with E-state index in [0.29, 0.717) is 0 Å². The van der Waals surface area contributed by atoms with Crippen molar-refractivity contribution in [3.63, 3.8) is 0 Å². The number of fused-ring (bicyclic) bond motifs is 1. The Morgan fingerprint density at radius 2 is 1.74 bits per heavy atom. The highest BCUT2D eigenvalue weighted by atomic mass is 32.1. The van der Waals surface area contributed by atoms with Gasteiger partial charge in [-0.3, -0.25) is 0 Å². The summed E-state index contributed by atoms with van der Waals surface area (Å²) < 4.78 is 11.3.